The molecule has 1 aliphatic heterocycles. The van der Waals surface area contributed by atoms with Crippen LogP contribution in [0.2, 0.25) is 0 Å². The first-order valence-electron chi connectivity index (χ1n) is 9.01. The Morgan fingerprint density at radius 1 is 0.852 bits per heavy atom. The molecule has 2 amide bonds. The highest BCUT2D eigenvalue weighted by molar-refractivity contribution is 5.94. The number of rotatable bonds is 4. The molecule has 0 radical (unpaired) electrons. The number of hydrogen-bond donors (Lipinski definition) is 1. The summed E-state index contributed by atoms with van der Waals surface area (Å²) in [5, 5.41) is 0. The Bertz CT molecular complexity index is 747. The Balaban J connectivity index is 0.00000261. The smallest absolute Gasteiger partial charge is 0.253 e. The topological polar surface area (TPSA) is 66.6 Å². The molecule has 2 unspecified atom stereocenters. The lowest BCUT2D eigenvalue weighted by atomic mass is 9.94. The Kier molecular flexibility index (Phi) is 7.39. The predicted molar refractivity (Wildman–Crippen MR) is 109 cm³/mol. The molecule has 1 saturated heterocycles. The fraction of sp³-hybridized carbons (Fsp3) is 0.333. The fourth-order valence-electron chi connectivity index (χ4n) is 3.30. The van der Waals surface area contributed by atoms with Crippen LogP contribution in [0.25, 0.3) is 0 Å². The number of piperazine rings is 1. The average Bonchev–Trinajstić information content (AvgIpc) is 2.73. The van der Waals surface area contributed by atoms with Crippen LogP contribution in [0.3, 0.4) is 0 Å². The molecular weight excluding hydrogens is 362 g/mol. The minimum absolute atomic E-state index is 0. The molecule has 3 rings (SSSR count). The van der Waals surface area contributed by atoms with Gasteiger partial charge < -0.3 is 15.5 Å². The van der Waals surface area contributed by atoms with E-state index in [0.29, 0.717) is 31.7 Å². The van der Waals surface area contributed by atoms with Crippen molar-refractivity contribution in [3.05, 3.63) is 71.8 Å². The van der Waals surface area contributed by atoms with Gasteiger partial charge in [0, 0.05) is 37.8 Å². The summed E-state index contributed by atoms with van der Waals surface area (Å²) in [4.78, 5) is 28.9. The monoisotopic (exact) mass is 387 g/mol. The zero-order valence-electron chi connectivity index (χ0n) is 15.5. The van der Waals surface area contributed by atoms with Crippen LogP contribution in [0.5, 0.6) is 0 Å². The zero-order chi connectivity index (χ0) is 18.5. The number of hydrogen-bond acceptors (Lipinski definition) is 3. The normalized spacial score (nSPS) is 16.2. The summed E-state index contributed by atoms with van der Waals surface area (Å²) in [5.41, 5.74) is 7.94. The largest absolute Gasteiger partial charge is 0.339 e. The van der Waals surface area contributed by atoms with Crippen molar-refractivity contribution in [3.63, 3.8) is 0 Å². The number of amides is 2. The Labute approximate surface area is 166 Å². The lowest BCUT2D eigenvalue weighted by Crippen LogP contribution is -2.52. The highest BCUT2D eigenvalue weighted by Crippen LogP contribution is 2.22. The highest BCUT2D eigenvalue weighted by atomic mass is 35.5. The molecule has 0 aromatic heterocycles. The van der Waals surface area contributed by atoms with Gasteiger partial charge in [-0.2, -0.15) is 0 Å². The molecule has 27 heavy (non-hydrogen) atoms. The number of benzene rings is 2. The number of carbonyl (C=O) groups is 2. The third-order valence-electron chi connectivity index (χ3n) is 5.01. The highest BCUT2D eigenvalue weighted by Gasteiger charge is 2.30. The molecule has 2 N–H and O–H groups in total. The summed E-state index contributed by atoms with van der Waals surface area (Å²) >= 11 is 0. The summed E-state index contributed by atoms with van der Waals surface area (Å²) in [6, 6.07) is 18.6. The van der Waals surface area contributed by atoms with Crippen LogP contribution in [0, 0.1) is 5.92 Å². The van der Waals surface area contributed by atoms with Crippen molar-refractivity contribution in [2.75, 3.05) is 26.2 Å². The second kappa shape index (κ2) is 9.53. The average molecular weight is 388 g/mol. The van der Waals surface area contributed by atoms with Gasteiger partial charge >= 0.3 is 0 Å². The molecule has 0 spiro atoms. The van der Waals surface area contributed by atoms with Gasteiger partial charge in [-0.05, 0) is 17.7 Å². The number of nitrogens with two attached hydrogens (primary N) is 1. The first-order valence-corrected chi connectivity index (χ1v) is 9.01. The van der Waals surface area contributed by atoms with Gasteiger partial charge in [-0.3, -0.25) is 9.59 Å². The quantitative estimate of drug-likeness (QED) is 0.877. The fourth-order valence-corrected chi connectivity index (χ4v) is 3.30. The van der Waals surface area contributed by atoms with Crippen molar-refractivity contribution in [3.8, 4) is 0 Å². The molecule has 1 aliphatic rings. The van der Waals surface area contributed by atoms with Gasteiger partial charge in [-0.1, -0.05) is 55.5 Å². The van der Waals surface area contributed by atoms with Gasteiger partial charge in [0.2, 0.25) is 5.91 Å². The third kappa shape index (κ3) is 4.87. The van der Waals surface area contributed by atoms with Crippen LogP contribution in [-0.2, 0) is 4.79 Å². The van der Waals surface area contributed by atoms with E-state index in [1.807, 2.05) is 72.5 Å². The van der Waals surface area contributed by atoms with E-state index in [-0.39, 0.29) is 36.2 Å². The Hall–Kier alpha value is -2.37. The SMILES string of the molecule is CC(C(=O)N1CCN(C(=O)c2ccccc2)CC1)C(N)c1ccccc1.Cl. The maximum absolute atomic E-state index is 12.8. The van der Waals surface area contributed by atoms with Crippen molar-refractivity contribution >= 4 is 24.2 Å². The van der Waals surface area contributed by atoms with Crippen molar-refractivity contribution in [2.45, 2.75) is 13.0 Å². The van der Waals surface area contributed by atoms with Gasteiger partial charge in [0.15, 0.2) is 0 Å². The standard InChI is InChI=1S/C21H25N3O2.ClH/c1-16(19(22)17-8-4-2-5-9-17)20(25)23-12-14-24(15-13-23)21(26)18-10-6-3-7-11-18;/h2-11,16,19H,12-15,22H2,1H3;1H. The van der Waals surface area contributed by atoms with E-state index >= 15 is 0 Å². The van der Waals surface area contributed by atoms with Crippen LogP contribution in [0.15, 0.2) is 60.7 Å². The second-order valence-electron chi connectivity index (χ2n) is 6.71. The van der Waals surface area contributed by atoms with Gasteiger partial charge in [0.1, 0.15) is 0 Å². The molecule has 1 fully saturated rings. The molecule has 2 aromatic rings. The van der Waals surface area contributed by atoms with Crippen LogP contribution >= 0.6 is 12.4 Å². The molecule has 0 saturated carbocycles. The van der Waals surface area contributed by atoms with Crippen LogP contribution in [0.1, 0.15) is 28.9 Å². The number of nitrogens with zero attached hydrogens (tertiary/aromatic N) is 2. The van der Waals surface area contributed by atoms with Gasteiger partial charge in [0.25, 0.3) is 5.91 Å². The summed E-state index contributed by atoms with van der Waals surface area (Å²) in [7, 11) is 0. The molecule has 2 atom stereocenters. The molecular formula is C21H26ClN3O2. The summed E-state index contributed by atoms with van der Waals surface area (Å²) in [6.45, 7) is 4.06. The molecule has 6 heteroatoms. The summed E-state index contributed by atoms with van der Waals surface area (Å²) in [5.74, 6) is -0.228. The Morgan fingerprint density at radius 3 is 1.89 bits per heavy atom. The molecule has 2 aromatic carbocycles. The maximum atomic E-state index is 12.8. The first-order chi connectivity index (χ1) is 12.6. The van der Waals surface area contributed by atoms with Crippen molar-refractivity contribution in [2.24, 2.45) is 11.7 Å². The number of carbonyl (C=O) groups excluding carboxylic acids is 2. The van der Waals surface area contributed by atoms with Gasteiger partial charge in [0.05, 0.1) is 5.92 Å². The van der Waals surface area contributed by atoms with E-state index in [4.69, 9.17) is 5.73 Å². The van der Waals surface area contributed by atoms with Crippen LogP contribution in [-0.4, -0.2) is 47.8 Å². The Morgan fingerprint density at radius 2 is 1.33 bits per heavy atom. The van der Waals surface area contributed by atoms with Crippen molar-refractivity contribution < 1.29 is 9.59 Å². The van der Waals surface area contributed by atoms with E-state index < -0.39 is 0 Å². The van der Waals surface area contributed by atoms with E-state index in [0.717, 1.165) is 5.56 Å². The van der Waals surface area contributed by atoms with Crippen LogP contribution < -0.4 is 5.73 Å². The lowest BCUT2D eigenvalue weighted by Gasteiger charge is -2.37. The van der Waals surface area contributed by atoms with E-state index in [2.05, 4.69) is 0 Å². The van der Waals surface area contributed by atoms with Crippen LogP contribution in [0.4, 0.5) is 0 Å². The van der Waals surface area contributed by atoms with Gasteiger partial charge in [-0.15, -0.1) is 12.4 Å². The minimum atomic E-state index is -0.326. The molecule has 1 heterocycles. The molecule has 0 aliphatic carbocycles. The summed E-state index contributed by atoms with van der Waals surface area (Å²) < 4.78 is 0. The zero-order valence-corrected chi connectivity index (χ0v) is 16.3. The lowest BCUT2D eigenvalue weighted by molar-refractivity contribution is -0.137. The number of halogens is 1. The molecule has 0 bridgehead atoms. The van der Waals surface area contributed by atoms with Crippen molar-refractivity contribution in [1.82, 2.24) is 9.80 Å². The van der Waals surface area contributed by atoms with E-state index in [1.54, 1.807) is 4.90 Å². The molecule has 144 valence electrons. The third-order valence-corrected chi connectivity index (χ3v) is 5.01. The van der Waals surface area contributed by atoms with E-state index in [9.17, 15) is 9.59 Å². The summed E-state index contributed by atoms with van der Waals surface area (Å²) in [6.07, 6.45) is 0. The van der Waals surface area contributed by atoms with Crippen molar-refractivity contribution in [1.29, 1.82) is 0 Å². The predicted octanol–water partition coefficient (Wildman–Crippen LogP) is 2.73. The maximum Gasteiger partial charge on any atom is 0.253 e. The van der Waals surface area contributed by atoms with Gasteiger partial charge in [-0.25, -0.2) is 0 Å². The second-order valence-corrected chi connectivity index (χ2v) is 6.71. The van der Waals surface area contributed by atoms with E-state index in [1.165, 1.54) is 0 Å². The minimum Gasteiger partial charge on any atom is -0.339 e. The first kappa shape index (κ1) is 20.9. The molecule has 5 nitrogen and oxygen atoms in total.